The minimum absolute atomic E-state index is 0.0475. The minimum Gasteiger partial charge on any atom is -0.368 e. The van der Waals surface area contributed by atoms with Crippen LogP contribution in [0, 0.1) is 5.82 Å². The second-order valence-electron chi connectivity index (χ2n) is 6.77. The number of amides is 1. The number of ether oxygens (including phenoxy) is 1. The van der Waals surface area contributed by atoms with Crippen LogP contribution in [0.2, 0.25) is 0 Å². The third kappa shape index (κ3) is 4.01. The van der Waals surface area contributed by atoms with E-state index in [1.54, 1.807) is 12.1 Å². The van der Waals surface area contributed by atoms with Crippen molar-refractivity contribution in [2.75, 3.05) is 13.2 Å². The molecule has 1 fully saturated rings. The van der Waals surface area contributed by atoms with Crippen molar-refractivity contribution < 1.29 is 13.9 Å². The van der Waals surface area contributed by atoms with Gasteiger partial charge in [-0.15, -0.1) is 0 Å². The van der Waals surface area contributed by atoms with Crippen molar-refractivity contribution in [2.24, 2.45) is 0 Å². The number of benzene rings is 2. The summed E-state index contributed by atoms with van der Waals surface area (Å²) in [5.74, 6) is 0.605. The molecule has 1 amide bonds. The molecule has 1 saturated heterocycles. The van der Waals surface area contributed by atoms with Crippen molar-refractivity contribution in [1.82, 2.24) is 14.9 Å². The fraction of sp³-hybridized carbons (Fsp3) is 0.333. The lowest BCUT2D eigenvalue weighted by atomic mass is 10.2. The summed E-state index contributed by atoms with van der Waals surface area (Å²) in [7, 11) is 0. The van der Waals surface area contributed by atoms with E-state index in [0.29, 0.717) is 26.1 Å². The first-order valence-corrected chi connectivity index (χ1v) is 9.28. The van der Waals surface area contributed by atoms with Crippen molar-refractivity contribution in [2.45, 2.75) is 31.9 Å². The Balaban J connectivity index is 1.50. The molecule has 0 radical (unpaired) electrons. The van der Waals surface area contributed by atoms with Gasteiger partial charge < -0.3 is 14.6 Å². The summed E-state index contributed by atoms with van der Waals surface area (Å²) in [6.07, 6.45) is 2.03. The van der Waals surface area contributed by atoms with E-state index < -0.39 is 0 Å². The molecular weight excluding hydrogens is 345 g/mol. The van der Waals surface area contributed by atoms with Crippen LogP contribution in [-0.4, -0.2) is 34.7 Å². The lowest BCUT2D eigenvalue weighted by Crippen LogP contribution is -2.35. The summed E-state index contributed by atoms with van der Waals surface area (Å²) < 4.78 is 20.7. The number of para-hydroxylation sites is 2. The molecule has 6 heteroatoms. The largest absolute Gasteiger partial charge is 0.368 e. The summed E-state index contributed by atoms with van der Waals surface area (Å²) in [4.78, 5) is 16.8. The highest BCUT2D eigenvalue weighted by Crippen LogP contribution is 2.19. The van der Waals surface area contributed by atoms with E-state index in [9.17, 15) is 9.18 Å². The molecule has 0 bridgehead atoms. The molecule has 1 N–H and O–H groups in total. The van der Waals surface area contributed by atoms with E-state index in [4.69, 9.17) is 9.72 Å². The fourth-order valence-electron chi connectivity index (χ4n) is 3.46. The number of rotatable bonds is 6. The number of nitrogens with one attached hydrogen (secondary N) is 1. The van der Waals surface area contributed by atoms with Gasteiger partial charge in [0, 0.05) is 26.1 Å². The molecule has 4 rings (SSSR count). The number of fused-ring (bicyclic) bond motifs is 1. The molecule has 1 unspecified atom stereocenters. The normalized spacial score (nSPS) is 16.7. The first-order chi connectivity index (χ1) is 13.2. The van der Waals surface area contributed by atoms with Gasteiger partial charge in [-0.25, -0.2) is 9.37 Å². The summed E-state index contributed by atoms with van der Waals surface area (Å²) in [5.41, 5.74) is 2.95. The number of carbonyl (C=O) groups is 1. The van der Waals surface area contributed by atoms with Crippen LogP contribution in [0.1, 0.15) is 24.2 Å². The maximum atomic E-state index is 13.2. The molecule has 140 valence electrons. The van der Waals surface area contributed by atoms with Crippen molar-refractivity contribution in [3.8, 4) is 0 Å². The van der Waals surface area contributed by atoms with E-state index in [0.717, 1.165) is 35.3 Å². The highest BCUT2D eigenvalue weighted by Gasteiger charge is 2.23. The Kier molecular flexibility index (Phi) is 5.16. The lowest BCUT2D eigenvalue weighted by molar-refractivity contribution is -0.130. The average Bonchev–Trinajstić information content (AvgIpc) is 3.33. The zero-order valence-electron chi connectivity index (χ0n) is 15.0. The van der Waals surface area contributed by atoms with E-state index in [1.807, 2.05) is 24.3 Å². The van der Waals surface area contributed by atoms with Crippen LogP contribution < -0.4 is 5.32 Å². The van der Waals surface area contributed by atoms with Gasteiger partial charge in [0.1, 0.15) is 17.7 Å². The zero-order chi connectivity index (χ0) is 18.6. The van der Waals surface area contributed by atoms with Gasteiger partial charge >= 0.3 is 0 Å². The Morgan fingerprint density at radius 1 is 1.22 bits per heavy atom. The number of imidazole rings is 1. The van der Waals surface area contributed by atoms with Crippen LogP contribution in [0.4, 0.5) is 4.39 Å². The summed E-state index contributed by atoms with van der Waals surface area (Å²) in [6.45, 7) is 1.77. The standard InChI is InChI=1S/C21H22FN3O2/c22-16-9-7-15(8-10-16)14-25-18-5-2-1-4-17(18)24-20(25)11-12-23-21(26)19-6-3-13-27-19/h1-2,4-5,7-10,19H,3,6,11-14H2,(H,23,26). The Bertz CT molecular complexity index is 930. The van der Waals surface area contributed by atoms with Crippen LogP contribution in [0.25, 0.3) is 11.0 Å². The number of carbonyl (C=O) groups excluding carboxylic acids is 1. The quantitative estimate of drug-likeness (QED) is 0.729. The smallest absolute Gasteiger partial charge is 0.249 e. The van der Waals surface area contributed by atoms with Crippen molar-refractivity contribution in [3.63, 3.8) is 0 Å². The molecule has 1 aliphatic heterocycles. The van der Waals surface area contributed by atoms with E-state index in [-0.39, 0.29) is 17.8 Å². The lowest BCUT2D eigenvalue weighted by Gasteiger charge is -2.12. The molecule has 0 saturated carbocycles. The maximum Gasteiger partial charge on any atom is 0.249 e. The summed E-state index contributed by atoms with van der Waals surface area (Å²) in [6, 6.07) is 14.5. The van der Waals surface area contributed by atoms with Gasteiger partial charge in [-0.3, -0.25) is 4.79 Å². The average molecular weight is 367 g/mol. The Labute approximate surface area is 157 Å². The maximum absolute atomic E-state index is 13.2. The molecule has 27 heavy (non-hydrogen) atoms. The molecule has 2 aromatic carbocycles. The molecule has 3 aromatic rings. The summed E-state index contributed by atoms with van der Waals surface area (Å²) >= 11 is 0. The van der Waals surface area contributed by atoms with Crippen LogP contribution in [0.5, 0.6) is 0 Å². The second-order valence-corrected chi connectivity index (χ2v) is 6.77. The topological polar surface area (TPSA) is 56.2 Å². The van der Waals surface area contributed by atoms with Gasteiger partial charge in [0.2, 0.25) is 5.91 Å². The highest BCUT2D eigenvalue weighted by molar-refractivity contribution is 5.81. The zero-order valence-corrected chi connectivity index (χ0v) is 15.0. The number of aromatic nitrogens is 2. The SMILES string of the molecule is O=C(NCCc1nc2ccccc2n1Cc1ccc(F)cc1)C1CCCO1. The first kappa shape index (κ1) is 17.7. The van der Waals surface area contributed by atoms with Crippen molar-refractivity contribution in [1.29, 1.82) is 0 Å². The Morgan fingerprint density at radius 2 is 2.04 bits per heavy atom. The van der Waals surface area contributed by atoms with Crippen LogP contribution in [-0.2, 0) is 22.5 Å². The van der Waals surface area contributed by atoms with Gasteiger partial charge in [0.15, 0.2) is 0 Å². The van der Waals surface area contributed by atoms with E-state index in [2.05, 4.69) is 9.88 Å². The number of hydrogen-bond donors (Lipinski definition) is 1. The highest BCUT2D eigenvalue weighted by atomic mass is 19.1. The second kappa shape index (κ2) is 7.88. The Hall–Kier alpha value is -2.73. The molecule has 1 aromatic heterocycles. The van der Waals surface area contributed by atoms with Gasteiger partial charge in [-0.2, -0.15) is 0 Å². The molecule has 1 aliphatic rings. The first-order valence-electron chi connectivity index (χ1n) is 9.28. The molecular formula is C21H22FN3O2. The molecule has 2 heterocycles. The minimum atomic E-state index is -0.317. The predicted molar refractivity (Wildman–Crippen MR) is 101 cm³/mol. The molecule has 0 spiro atoms. The molecule has 5 nitrogen and oxygen atoms in total. The van der Waals surface area contributed by atoms with Gasteiger partial charge in [-0.05, 0) is 42.7 Å². The van der Waals surface area contributed by atoms with Gasteiger partial charge in [0.25, 0.3) is 0 Å². The van der Waals surface area contributed by atoms with Crippen molar-refractivity contribution in [3.05, 3.63) is 65.7 Å². The predicted octanol–water partition coefficient (Wildman–Crippen LogP) is 3.06. The molecule has 1 atom stereocenters. The van der Waals surface area contributed by atoms with E-state index >= 15 is 0 Å². The van der Waals surface area contributed by atoms with Crippen LogP contribution in [0.15, 0.2) is 48.5 Å². The van der Waals surface area contributed by atoms with Crippen LogP contribution in [0.3, 0.4) is 0 Å². The fourth-order valence-corrected chi connectivity index (χ4v) is 3.46. The van der Waals surface area contributed by atoms with Crippen LogP contribution >= 0.6 is 0 Å². The number of hydrogen-bond acceptors (Lipinski definition) is 3. The third-order valence-corrected chi connectivity index (χ3v) is 4.86. The van der Waals surface area contributed by atoms with Gasteiger partial charge in [0.05, 0.1) is 11.0 Å². The van der Waals surface area contributed by atoms with E-state index in [1.165, 1.54) is 12.1 Å². The Morgan fingerprint density at radius 3 is 2.81 bits per heavy atom. The summed E-state index contributed by atoms with van der Waals surface area (Å²) in [5, 5.41) is 2.95. The van der Waals surface area contributed by atoms with Gasteiger partial charge in [-0.1, -0.05) is 24.3 Å². The monoisotopic (exact) mass is 367 g/mol. The third-order valence-electron chi connectivity index (χ3n) is 4.86. The number of halogens is 1. The molecule has 0 aliphatic carbocycles. The number of nitrogens with zero attached hydrogens (tertiary/aromatic N) is 2. The van der Waals surface area contributed by atoms with Crippen molar-refractivity contribution >= 4 is 16.9 Å².